The van der Waals surface area contributed by atoms with Crippen molar-refractivity contribution in [3.05, 3.63) is 54.7 Å². The smallest absolute Gasteiger partial charge is 0.167 e. The number of methoxy groups -OCH3 is 1. The molecule has 2 unspecified atom stereocenters. The van der Waals surface area contributed by atoms with Crippen LogP contribution in [0.15, 0.2) is 48.9 Å². The van der Waals surface area contributed by atoms with Crippen molar-refractivity contribution in [2.24, 2.45) is 5.92 Å². The monoisotopic (exact) mass is 488 g/mol. The van der Waals surface area contributed by atoms with Crippen molar-refractivity contribution in [3.63, 3.8) is 0 Å². The number of pyridine rings is 2. The molecule has 36 heavy (non-hydrogen) atoms. The van der Waals surface area contributed by atoms with Crippen molar-refractivity contribution in [2.75, 3.05) is 58.3 Å². The maximum absolute atomic E-state index is 14.3. The molecule has 2 atom stereocenters. The molecule has 0 amide bonds. The highest BCUT2D eigenvalue weighted by Crippen LogP contribution is 2.35. The predicted octanol–water partition coefficient (Wildman–Crippen LogP) is 4.16. The van der Waals surface area contributed by atoms with Crippen LogP contribution in [0.25, 0.3) is 27.5 Å². The van der Waals surface area contributed by atoms with Gasteiger partial charge in [-0.15, -0.1) is 0 Å². The van der Waals surface area contributed by atoms with Gasteiger partial charge in [0.15, 0.2) is 11.6 Å². The van der Waals surface area contributed by atoms with E-state index in [0.29, 0.717) is 17.5 Å². The van der Waals surface area contributed by atoms with E-state index in [4.69, 9.17) is 4.74 Å². The second kappa shape index (κ2) is 9.33. The molecule has 0 aliphatic carbocycles. The average molecular weight is 489 g/mol. The Morgan fingerprint density at radius 2 is 1.86 bits per heavy atom. The number of anilines is 1. The number of hydrogen-bond acceptors (Lipinski definition) is 6. The van der Waals surface area contributed by atoms with E-state index in [0.717, 1.165) is 35.1 Å². The van der Waals surface area contributed by atoms with Gasteiger partial charge in [-0.1, -0.05) is 6.92 Å². The fourth-order valence-electron chi connectivity index (χ4n) is 5.97. The number of rotatable bonds is 4. The minimum absolute atomic E-state index is 0.213. The summed E-state index contributed by atoms with van der Waals surface area (Å²) in [5, 5.41) is 5.53. The van der Waals surface area contributed by atoms with E-state index in [1.165, 1.54) is 51.5 Å². The van der Waals surface area contributed by atoms with E-state index in [9.17, 15) is 4.39 Å². The Morgan fingerprint density at radius 3 is 2.64 bits per heavy atom. The largest absolute Gasteiger partial charge is 0.494 e. The molecule has 6 rings (SSSR count). The Kier molecular flexibility index (Phi) is 6.01. The van der Waals surface area contributed by atoms with Gasteiger partial charge in [0.25, 0.3) is 0 Å². The van der Waals surface area contributed by atoms with Crippen LogP contribution < -0.4 is 9.64 Å². The molecule has 2 saturated heterocycles. The van der Waals surface area contributed by atoms with Crippen LogP contribution in [0.3, 0.4) is 0 Å². The first-order valence-electron chi connectivity index (χ1n) is 12.8. The summed E-state index contributed by atoms with van der Waals surface area (Å²) in [5.74, 6) is 0.416. The molecule has 2 aliphatic rings. The van der Waals surface area contributed by atoms with E-state index in [-0.39, 0.29) is 5.75 Å². The zero-order valence-electron chi connectivity index (χ0n) is 21.2. The predicted molar refractivity (Wildman–Crippen MR) is 141 cm³/mol. The van der Waals surface area contributed by atoms with Gasteiger partial charge in [-0.25, -0.2) is 8.91 Å². The van der Waals surface area contributed by atoms with E-state index < -0.39 is 5.82 Å². The van der Waals surface area contributed by atoms with Crippen molar-refractivity contribution in [1.82, 2.24) is 24.4 Å². The molecule has 2 fully saturated rings. The fraction of sp³-hybridized carbons (Fsp3) is 0.429. The summed E-state index contributed by atoms with van der Waals surface area (Å²) in [6, 6.07) is 10.1. The number of aromatic nitrogens is 3. The highest BCUT2D eigenvalue weighted by atomic mass is 19.1. The van der Waals surface area contributed by atoms with Crippen LogP contribution in [0.2, 0.25) is 0 Å². The minimum atomic E-state index is -0.412. The lowest BCUT2D eigenvalue weighted by Crippen LogP contribution is -2.55. The van der Waals surface area contributed by atoms with Crippen LogP contribution >= 0.6 is 0 Å². The van der Waals surface area contributed by atoms with Gasteiger partial charge in [0.05, 0.1) is 36.2 Å². The molecule has 8 heteroatoms. The molecule has 4 aromatic rings. The van der Waals surface area contributed by atoms with Crippen molar-refractivity contribution in [1.29, 1.82) is 0 Å². The summed E-state index contributed by atoms with van der Waals surface area (Å²) >= 11 is 0. The van der Waals surface area contributed by atoms with Gasteiger partial charge in [-0.3, -0.25) is 9.88 Å². The zero-order valence-corrected chi connectivity index (χ0v) is 21.2. The van der Waals surface area contributed by atoms with Gasteiger partial charge in [0.2, 0.25) is 0 Å². The molecular weight excluding hydrogens is 455 g/mol. The summed E-state index contributed by atoms with van der Waals surface area (Å²) in [5.41, 5.74) is 4.76. The van der Waals surface area contributed by atoms with Gasteiger partial charge in [0, 0.05) is 68.5 Å². The Morgan fingerprint density at radius 1 is 1.03 bits per heavy atom. The standard InChI is InChI=1S/C28H33FN6O/c1-19-17-34(9-7-26(19)33-12-10-32(2)11-13-33)20-4-5-27-23(16-31-35(27)18-20)21-6-8-30-25-15-24(29)28(36-3)14-22(21)25/h4-6,8,14-16,18-19,26H,7,9-13,17H2,1-3H3. The average Bonchev–Trinajstić information content (AvgIpc) is 3.31. The first-order chi connectivity index (χ1) is 17.5. The zero-order chi connectivity index (χ0) is 24.8. The Balaban J connectivity index is 1.26. The van der Waals surface area contributed by atoms with Crippen LogP contribution in [0.1, 0.15) is 13.3 Å². The number of nitrogens with zero attached hydrogens (tertiary/aromatic N) is 6. The number of ether oxygens (including phenoxy) is 1. The third-order valence-electron chi connectivity index (χ3n) is 8.04. The number of fused-ring (bicyclic) bond motifs is 2. The third kappa shape index (κ3) is 4.08. The molecule has 0 saturated carbocycles. The maximum atomic E-state index is 14.3. The molecular formula is C28H33FN6O. The fourth-order valence-corrected chi connectivity index (χ4v) is 5.97. The van der Waals surface area contributed by atoms with E-state index in [2.05, 4.69) is 57.1 Å². The highest BCUT2D eigenvalue weighted by molar-refractivity contribution is 5.99. The molecule has 2 aliphatic heterocycles. The molecule has 7 nitrogen and oxygen atoms in total. The van der Waals surface area contributed by atoms with Crippen LogP contribution in [-0.4, -0.2) is 83.9 Å². The van der Waals surface area contributed by atoms with E-state index >= 15 is 0 Å². The Bertz CT molecular complexity index is 1400. The van der Waals surface area contributed by atoms with E-state index in [1.807, 2.05) is 16.8 Å². The number of halogens is 1. The summed E-state index contributed by atoms with van der Waals surface area (Å²) in [6.45, 7) is 9.19. The van der Waals surface area contributed by atoms with Crippen molar-refractivity contribution in [2.45, 2.75) is 19.4 Å². The van der Waals surface area contributed by atoms with E-state index in [1.54, 1.807) is 12.3 Å². The second-order valence-electron chi connectivity index (χ2n) is 10.3. The maximum Gasteiger partial charge on any atom is 0.167 e. The lowest BCUT2D eigenvalue weighted by atomic mass is 9.91. The minimum Gasteiger partial charge on any atom is -0.494 e. The normalized spacial score (nSPS) is 21.9. The molecule has 0 spiro atoms. The Labute approximate surface area is 211 Å². The second-order valence-corrected chi connectivity index (χ2v) is 10.3. The molecule has 1 aromatic carbocycles. The van der Waals surface area contributed by atoms with Crippen LogP contribution in [0.4, 0.5) is 10.1 Å². The number of hydrogen-bond donors (Lipinski definition) is 0. The lowest BCUT2D eigenvalue weighted by Gasteiger charge is -2.46. The number of piperidine rings is 1. The first kappa shape index (κ1) is 23.2. The number of benzene rings is 1. The molecule has 3 aromatic heterocycles. The van der Waals surface area contributed by atoms with Gasteiger partial charge < -0.3 is 14.5 Å². The van der Waals surface area contributed by atoms with Gasteiger partial charge >= 0.3 is 0 Å². The van der Waals surface area contributed by atoms with Gasteiger partial charge in [0.1, 0.15) is 0 Å². The quantitative estimate of drug-likeness (QED) is 0.430. The van der Waals surface area contributed by atoms with Crippen molar-refractivity contribution < 1.29 is 9.13 Å². The van der Waals surface area contributed by atoms with Gasteiger partial charge in [-0.05, 0) is 49.2 Å². The SMILES string of the molecule is COc1cc2c(-c3cnn4cc(N5CCC(N6CCN(C)CC6)C(C)C5)ccc34)ccnc2cc1F. The molecule has 0 N–H and O–H groups in total. The van der Waals surface area contributed by atoms with Crippen molar-refractivity contribution in [3.8, 4) is 16.9 Å². The summed E-state index contributed by atoms with van der Waals surface area (Å²) in [7, 11) is 3.69. The highest BCUT2D eigenvalue weighted by Gasteiger charge is 2.32. The summed E-state index contributed by atoms with van der Waals surface area (Å²) in [6.07, 6.45) is 6.92. The number of likely N-dealkylation sites (N-methyl/N-ethyl adjacent to an activating group) is 1. The molecule has 5 heterocycles. The summed E-state index contributed by atoms with van der Waals surface area (Å²) in [4.78, 5) is 12.0. The Hall–Kier alpha value is -3.23. The molecule has 0 bridgehead atoms. The summed E-state index contributed by atoms with van der Waals surface area (Å²) < 4.78 is 21.4. The van der Waals surface area contributed by atoms with Gasteiger partial charge in [-0.2, -0.15) is 5.10 Å². The lowest BCUT2D eigenvalue weighted by molar-refractivity contribution is 0.0738. The van der Waals surface area contributed by atoms with Crippen LogP contribution in [0, 0.1) is 11.7 Å². The molecule has 0 radical (unpaired) electrons. The molecule has 188 valence electrons. The topological polar surface area (TPSA) is 49.1 Å². The van der Waals surface area contributed by atoms with Crippen LogP contribution in [-0.2, 0) is 0 Å². The van der Waals surface area contributed by atoms with Crippen molar-refractivity contribution >= 4 is 22.1 Å². The third-order valence-corrected chi connectivity index (χ3v) is 8.04. The number of piperazine rings is 1. The van der Waals surface area contributed by atoms with Crippen LogP contribution in [0.5, 0.6) is 5.75 Å². The first-order valence-corrected chi connectivity index (χ1v) is 12.8.